The van der Waals surface area contributed by atoms with Crippen molar-refractivity contribution in [1.82, 2.24) is 10.1 Å². The summed E-state index contributed by atoms with van der Waals surface area (Å²) in [6.45, 7) is 0. The number of benzene rings is 2. The van der Waals surface area contributed by atoms with Crippen molar-refractivity contribution in [1.29, 1.82) is 0 Å². The first kappa shape index (κ1) is 18.1. The molecule has 0 amide bonds. The van der Waals surface area contributed by atoms with Crippen LogP contribution < -0.4 is 15.7 Å². The molecule has 1 N–H and O–H groups in total. The average molecular weight is 381 g/mol. The molecule has 3 rings (SSSR count). The van der Waals surface area contributed by atoms with Gasteiger partial charge in [0, 0.05) is 34.3 Å². The summed E-state index contributed by atoms with van der Waals surface area (Å²) in [6.07, 6.45) is 0.254. The molecule has 0 bridgehead atoms. The molecule has 25 heavy (non-hydrogen) atoms. The Morgan fingerprint density at radius 1 is 0.880 bits per heavy atom. The molecular weight excluding hydrogens is 363 g/mol. The zero-order valence-electron chi connectivity index (χ0n) is 13.6. The van der Waals surface area contributed by atoms with E-state index in [2.05, 4.69) is 39.7 Å². The number of hydrogen-bond donors (Lipinski definition) is 1. The molecule has 0 aliphatic heterocycles. The fraction of sp³-hybridized carbons (Fsp3) is 0.100. The highest BCUT2D eigenvalue weighted by Gasteiger charge is 2.25. The van der Waals surface area contributed by atoms with Crippen LogP contribution in [0.15, 0.2) is 85.1 Å². The van der Waals surface area contributed by atoms with Gasteiger partial charge in [-0.2, -0.15) is 0 Å². The highest BCUT2D eigenvalue weighted by molar-refractivity contribution is 8.21. The Hall–Kier alpha value is -1.71. The molecule has 1 aromatic heterocycles. The van der Waals surface area contributed by atoms with Gasteiger partial charge in [-0.25, -0.2) is 0 Å². The number of aromatic nitrogens is 1. The zero-order valence-corrected chi connectivity index (χ0v) is 16.1. The maximum absolute atomic E-state index is 6.19. The summed E-state index contributed by atoms with van der Waals surface area (Å²) in [5, 5.41) is 8.81. The molecule has 2 nitrogen and oxygen atoms in total. The topological polar surface area (TPSA) is 24.9 Å². The average Bonchev–Trinajstić information content (AvgIpc) is 2.69. The largest absolute Gasteiger partial charge is 0.273 e. The van der Waals surface area contributed by atoms with Crippen molar-refractivity contribution < 1.29 is 0 Å². The zero-order chi connectivity index (χ0) is 17.5. The Kier molecular flexibility index (Phi) is 6.22. The van der Waals surface area contributed by atoms with Crippen molar-refractivity contribution in [2.24, 2.45) is 0 Å². The highest BCUT2D eigenvalue weighted by atomic mass is 32.4. The summed E-state index contributed by atoms with van der Waals surface area (Å²) in [7, 11) is 0. The van der Waals surface area contributed by atoms with Crippen LogP contribution in [0.2, 0.25) is 0 Å². The van der Waals surface area contributed by atoms with Crippen LogP contribution in [0.5, 0.6) is 0 Å². The minimum Gasteiger partial charge on any atom is -0.273 e. The molecule has 1 unspecified atom stereocenters. The molecule has 0 fully saturated rings. The molecule has 0 spiro atoms. The van der Waals surface area contributed by atoms with E-state index in [0.717, 1.165) is 16.3 Å². The normalized spacial score (nSPS) is 12.5. The van der Waals surface area contributed by atoms with E-state index in [1.54, 1.807) is 6.20 Å². The van der Waals surface area contributed by atoms with E-state index in [-0.39, 0.29) is 6.04 Å². The summed E-state index contributed by atoms with van der Waals surface area (Å²) in [5.74, 6) is 0. The van der Waals surface area contributed by atoms with Gasteiger partial charge in [0.05, 0.1) is 12.2 Å². The van der Waals surface area contributed by atoms with Gasteiger partial charge in [-0.05, 0) is 12.1 Å². The summed E-state index contributed by atoms with van der Waals surface area (Å²) < 4.78 is 0. The maximum atomic E-state index is 6.19. The minimum atomic E-state index is -2.21. The molecular formula is C20H18N2PS2. The van der Waals surface area contributed by atoms with E-state index in [9.17, 15) is 0 Å². The lowest BCUT2D eigenvalue weighted by atomic mass is 10.2. The van der Waals surface area contributed by atoms with Crippen molar-refractivity contribution >= 4 is 46.2 Å². The Balaban J connectivity index is 1.95. The van der Waals surface area contributed by atoms with Crippen molar-refractivity contribution in [3.8, 4) is 0 Å². The predicted octanol–water partition coefficient (Wildman–Crippen LogP) is 3.50. The Morgan fingerprint density at radius 3 is 1.92 bits per heavy atom. The van der Waals surface area contributed by atoms with E-state index in [0.29, 0.717) is 6.42 Å². The molecule has 1 heterocycles. The second kappa shape index (κ2) is 8.59. The molecule has 5 heteroatoms. The van der Waals surface area contributed by atoms with Gasteiger partial charge in [-0.1, -0.05) is 90.8 Å². The monoisotopic (exact) mass is 381 g/mol. The van der Waals surface area contributed by atoms with Crippen LogP contribution >= 0.6 is 18.4 Å². The SMILES string of the molecule is S=[C]C(Cc1ccccn1)NP(=S)(c1ccccc1)c1ccccc1. The second-order valence-corrected chi connectivity index (χ2v) is 9.99. The standard InChI is InChI=1S/C20H18N2PS2/c24-16-18(15-17-9-7-8-14-21-17)22-23(25,19-10-3-1-4-11-19)20-12-5-2-6-13-20/h1-14,18H,15H2,(H,22,25). The second-order valence-electron chi connectivity index (χ2n) is 5.61. The molecule has 3 aromatic rings. The van der Waals surface area contributed by atoms with Crippen molar-refractivity contribution in [2.45, 2.75) is 12.5 Å². The van der Waals surface area contributed by atoms with Crippen LogP contribution in [0.25, 0.3) is 0 Å². The van der Waals surface area contributed by atoms with Crippen LogP contribution in [-0.4, -0.2) is 16.4 Å². The molecule has 0 aliphatic carbocycles. The van der Waals surface area contributed by atoms with Gasteiger partial charge in [0.2, 0.25) is 0 Å². The third kappa shape index (κ3) is 4.47. The smallest absolute Gasteiger partial charge is 0.0689 e. The molecule has 0 aliphatic rings. The quantitative estimate of drug-likeness (QED) is 0.500. The van der Waals surface area contributed by atoms with E-state index in [4.69, 9.17) is 24.0 Å². The number of thiocarbonyl (C=S) groups is 1. The van der Waals surface area contributed by atoms with E-state index < -0.39 is 6.19 Å². The molecule has 125 valence electrons. The van der Waals surface area contributed by atoms with E-state index >= 15 is 0 Å². The lowest BCUT2D eigenvalue weighted by Gasteiger charge is -2.28. The molecule has 0 saturated heterocycles. The van der Waals surface area contributed by atoms with Crippen molar-refractivity contribution in [3.63, 3.8) is 0 Å². The summed E-state index contributed by atoms with van der Waals surface area (Å²) in [5.41, 5.74) is 0.972. The van der Waals surface area contributed by atoms with Crippen LogP contribution in [0.1, 0.15) is 5.69 Å². The number of hydrogen-bond acceptors (Lipinski definition) is 3. The van der Waals surface area contributed by atoms with Crippen molar-refractivity contribution in [3.05, 3.63) is 90.8 Å². The number of nitrogens with zero attached hydrogens (tertiary/aromatic N) is 1. The van der Waals surface area contributed by atoms with E-state index in [1.807, 2.05) is 54.6 Å². The van der Waals surface area contributed by atoms with Crippen LogP contribution in [0.4, 0.5) is 0 Å². The summed E-state index contributed by atoms with van der Waals surface area (Å²) in [4.78, 5) is 4.39. The van der Waals surface area contributed by atoms with Crippen LogP contribution in [0, 0.1) is 0 Å². The van der Waals surface area contributed by atoms with Gasteiger partial charge in [-0.3, -0.25) is 10.1 Å². The van der Waals surface area contributed by atoms with Gasteiger partial charge in [0.1, 0.15) is 0 Å². The first-order chi connectivity index (χ1) is 12.2. The lowest BCUT2D eigenvalue weighted by molar-refractivity contribution is 0.788. The summed E-state index contributed by atoms with van der Waals surface area (Å²) in [6, 6.07) is 26.2. The van der Waals surface area contributed by atoms with Crippen LogP contribution in [0.3, 0.4) is 0 Å². The molecule has 1 radical (unpaired) electrons. The predicted molar refractivity (Wildman–Crippen MR) is 114 cm³/mol. The fourth-order valence-corrected chi connectivity index (χ4v) is 6.35. The number of nitrogens with one attached hydrogen (secondary N) is 1. The van der Waals surface area contributed by atoms with Gasteiger partial charge in [-0.15, -0.1) is 0 Å². The molecule has 0 saturated carbocycles. The number of rotatable bonds is 7. The first-order valence-corrected chi connectivity index (χ1v) is 11.2. The molecule has 2 aromatic carbocycles. The lowest BCUT2D eigenvalue weighted by Crippen LogP contribution is -2.37. The van der Waals surface area contributed by atoms with Crippen molar-refractivity contribution in [2.75, 3.05) is 0 Å². The van der Waals surface area contributed by atoms with Crippen LogP contribution in [-0.2, 0) is 18.2 Å². The number of pyridine rings is 1. The van der Waals surface area contributed by atoms with Gasteiger partial charge in [0.15, 0.2) is 0 Å². The Labute approximate surface area is 159 Å². The van der Waals surface area contributed by atoms with Gasteiger partial charge in [0.25, 0.3) is 0 Å². The highest BCUT2D eigenvalue weighted by Crippen LogP contribution is 2.39. The third-order valence-electron chi connectivity index (χ3n) is 3.86. The Bertz CT molecular complexity index is 811. The van der Waals surface area contributed by atoms with Gasteiger partial charge >= 0.3 is 0 Å². The Morgan fingerprint density at radius 2 is 1.44 bits per heavy atom. The molecule has 1 atom stereocenters. The van der Waals surface area contributed by atoms with E-state index in [1.165, 1.54) is 0 Å². The summed E-state index contributed by atoms with van der Waals surface area (Å²) >= 11 is 11.4. The first-order valence-electron chi connectivity index (χ1n) is 7.99. The minimum absolute atomic E-state index is 0.142. The maximum Gasteiger partial charge on any atom is 0.0689 e. The fourth-order valence-electron chi connectivity index (χ4n) is 2.64. The third-order valence-corrected chi connectivity index (χ3v) is 8.45. The van der Waals surface area contributed by atoms with Gasteiger partial charge < -0.3 is 0 Å².